The van der Waals surface area contributed by atoms with Gasteiger partial charge in [0.2, 0.25) is 5.91 Å². The predicted molar refractivity (Wildman–Crippen MR) is 72.3 cm³/mol. The summed E-state index contributed by atoms with van der Waals surface area (Å²) in [4.78, 5) is 24.3. The normalized spacial score (nSPS) is 14.4. The minimum absolute atomic E-state index is 0.210. The van der Waals surface area contributed by atoms with Crippen molar-refractivity contribution in [3.63, 3.8) is 0 Å². The molecule has 0 aromatic heterocycles. The standard InChI is InChI=1S/C14H19N3O2/c1-10-2-4-11(5-3-10)8-17(12-6-7-12)9-13(18)16-14(15)19/h2-5,12H,6-9H2,1H3,(H3,15,16,18,19). The molecule has 1 saturated carbocycles. The van der Waals surface area contributed by atoms with Crippen LogP contribution in [0, 0.1) is 6.92 Å². The van der Waals surface area contributed by atoms with Gasteiger partial charge in [0.15, 0.2) is 0 Å². The van der Waals surface area contributed by atoms with Gasteiger partial charge in [-0.15, -0.1) is 0 Å². The van der Waals surface area contributed by atoms with Gasteiger partial charge in [-0.1, -0.05) is 29.8 Å². The highest BCUT2D eigenvalue weighted by molar-refractivity contribution is 5.94. The minimum Gasteiger partial charge on any atom is -0.351 e. The molecule has 0 bridgehead atoms. The lowest BCUT2D eigenvalue weighted by atomic mass is 10.1. The van der Waals surface area contributed by atoms with Crippen molar-refractivity contribution >= 4 is 11.9 Å². The van der Waals surface area contributed by atoms with E-state index in [9.17, 15) is 9.59 Å². The molecule has 3 N–H and O–H groups in total. The Morgan fingerprint density at radius 3 is 2.47 bits per heavy atom. The van der Waals surface area contributed by atoms with Crippen molar-refractivity contribution in [1.82, 2.24) is 10.2 Å². The van der Waals surface area contributed by atoms with Crippen LogP contribution >= 0.6 is 0 Å². The summed E-state index contributed by atoms with van der Waals surface area (Å²) >= 11 is 0. The highest BCUT2D eigenvalue weighted by Crippen LogP contribution is 2.28. The monoisotopic (exact) mass is 261 g/mol. The Hall–Kier alpha value is -1.88. The van der Waals surface area contributed by atoms with Crippen LogP contribution in [-0.2, 0) is 11.3 Å². The number of primary amides is 1. The Morgan fingerprint density at radius 1 is 1.32 bits per heavy atom. The zero-order chi connectivity index (χ0) is 13.8. The summed E-state index contributed by atoms with van der Waals surface area (Å²) in [5.74, 6) is -0.341. The van der Waals surface area contributed by atoms with Crippen LogP contribution in [0.1, 0.15) is 24.0 Å². The number of carbonyl (C=O) groups is 2. The average Bonchev–Trinajstić information content (AvgIpc) is 3.14. The maximum atomic E-state index is 11.6. The van der Waals surface area contributed by atoms with Gasteiger partial charge in [-0.3, -0.25) is 15.0 Å². The van der Waals surface area contributed by atoms with Gasteiger partial charge in [0.1, 0.15) is 0 Å². The number of benzene rings is 1. The molecule has 0 spiro atoms. The maximum absolute atomic E-state index is 11.6. The number of urea groups is 1. The zero-order valence-corrected chi connectivity index (χ0v) is 11.1. The molecule has 0 heterocycles. The summed E-state index contributed by atoms with van der Waals surface area (Å²) < 4.78 is 0. The molecule has 102 valence electrons. The number of rotatable bonds is 5. The molecule has 1 aliphatic carbocycles. The number of imide groups is 1. The van der Waals surface area contributed by atoms with Crippen molar-refractivity contribution in [2.45, 2.75) is 32.4 Å². The van der Waals surface area contributed by atoms with Crippen LogP contribution in [0.2, 0.25) is 0 Å². The molecule has 0 aliphatic heterocycles. The van der Waals surface area contributed by atoms with E-state index in [1.54, 1.807) is 0 Å². The first-order chi connectivity index (χ1) is 9.04. The minimum atomic E-state index is -0.795. The second-order valence-electron chi connectivity index (χ2n) is 5.03. The quantitative estimate of drug-likeness (QED) is 0.835. The second-order valence-corrected chi connectivity index (χ2v) is 5.03. The largest absolute Gasteiger partial charge is 0.351 e. The molecule has 1 aliphatic rings. The van der Waals surface area contributed by atoms with Gasteiger partial charge in [-0.05, 0) is 25.3 Å². The van der Waals surface area contributed by atoms with Crippen LogP contribution < -0.4 is 11.1 Å². The number of carbonyl (C=O) groups excluding carboxylic acids is 2. The SMILES string of the molecule is Cc1ccc(CN(CC(=O)NC(N)=O)C2CC2)cc1. The molecule has 3 amide bonds. The first kappa shape index (κ1) is 13.5. The van der Waals surface area contributed by atoms with E-state index in [1.165, 1.54) is 11.1 Å². The molecular formula is C14H19N3O2. The third-order valence-corrected chi connectivity index (χ3v) is 3.18. The molecule has 0 atom stereocenters. The predicted octanol–water partition coefficient (Wildman–Crippen LogP) is 1.15. The zero-order valence-electron chi connectivity index (χ0n) is 11.1. The summed E-state index contributed by atoms with van der Waals surface area (Å²) in [5.41, 5.74) is 7.33. The van der Waals surface area contributed by atoms with Gasteiger partial charge in [0, 0.05) is 12.6 Å². The lowest BCUT2D eigenvalue weighted by Gasteiger charge is -2.21. The molecular weight excluding hydrogens is 242 g/mol. The number of nitrogens with zero attached hydrogens (tertiary/aromatic N) is 1. The number of hydrogen-bond acceptors (Lipinski definition) is 3. The lowest BCUT2D eigenvalue weighted by Crippen LogP contribution is -2.42. The Labute approximate surface area is 112 Å². The topological polar surface area (TPSA) is 75.4 Å². The summed E-state index contributed by atoms with van der Waals surface area (Å²) in [6, 6.07) is 7.90. The maximum Gasteiger partial charge on any atom is 0.318 e. The summed E-state index contributed by atoms with van der Waals surface area (Å²) in [6.45, 7) is 2.97. The first-order valence-corrected chi connectivity index (χ1v) is 6.43. The smallest absolute Gasteiger partial charge is 0.318 e. The molecule has 19 heavy (non-hydrogen) atoms. The van der Waals surface area contributed by atoms with Gasteiger partial charge >= 0.3 is 6.03 Å². The number of hydrogen-bond donors (Lipinski definition) is 2. The average molecular weight is 261 g/mol. The number of aryl methyl sites for hydroxylation is 1. The number of nitrogens with one attached hydrogen (secondary N) is 1. The summed E-state index contributed by atoms with van der Waals surface area (Å²) in [7, 11) is 0. The van der Waals surface area contributed by atoms with E-state index in [0.717, 1.165) is 19.4 Å². The summed E-state index contributed by atoms with van der Waals surface area (Å²) in [6.07, 6.45) is 2.21. The Balaban J connectivity index is 1.94. The number of nitrogens with two attached hydrogens (primary N) is 1. The second kappa shape index (κ2) is 5.84. The van der Waals surface area contributed by atoms with Crippen molar-refractivity contribution in [3.05, 3.63) is 35.4 Å². The van der Waals surface area contributed by atoms with Crippen LogP contribution in [0.5, 0.6) is 0 Å². The van der Waals surface area contributed by atoms with Crippen LogP contribution in [0.4, 0.5) is 4.79 Å². The van der Waals surface area contributed by atoms with Crippen molar-refractivity contribution in [1.29, 1.82) is 0 Å². The van der Waals surface area contributed by atoms with Crippen molar-refractivity contribution in [2.75, 3.05) is 6.54 Å². The van der Waals surface area contributed by atoms with Crippen molar-refractivity contribution in [3.8, 4) is 0 Å². The van der Waals surface area contributed by atoms with E-state index in [4.69, 9.17) is 5.73 Å². The van der Waals surface area contributed by atoms with E-state index >= 15 is 0 Å². The molecule has 0 saturated heterocycles. The third-order valence-electron chi connectivity index (χ3n) is 3.18. The highest BCUT2D eigenvalue weighted by Gasteiger charge is 2.30. The Bertz CT molecular complexity index is 466. The van der Waals surface area contributed by atoms with E-state index < -0.39 is 6.03 Å². The molecule has 1 aromatic carbocycles. The highest BCUT2D eigenvalue weighted by atomic mass is 16.2. The van der Waals surface area contributed by atoms with Gasteiger partial charge in [0.05, 0.1) is 6.54 Å². The molecule has 1 aromatic rings. The van der Waals surface area contributed by atoms with Crippen LogP contribution in [0.3, 0.4) is 0 Å². The molecule has 0 radical (unpaired) electrons. The molecule has 2 rings (SSSR count). The fraction of sp³-hybridized carbons (Fsp3) is 0.429. The fourth-order valence-corrected chi connectivity index (χ4v) is 2.04. The van der Waals surface area contributed by atoms with Gasteiger partial charge < -0.3 is 5.73 Å². The first-order valence-electron chi connectivity index (χ1n) is 6.43. The van der Waals surface area contributed by atoms with Crippen molar-refractivity contribution in [2.24, 2.45) is 5.73 Å². The fourth-order valence-electron chi connectivity index (χ4n) is 2.04. The molecule has 5 nitrogen and oxygen atoms in total. The van der Waals surface area contributed by atoms with Gasteiger partial charge in [0.25, 0.3) is 0 Å². The molecule has 5 heteroatoms. The third kappa shape index (κ3) is 4.37. The molecule has 0 unspecified atom stereocenters. The van der Waals surface area contributed by atoms with Gasteiger partial charge in [-0.25, -0.2) is 4.79 Å². The van der Waals surface area contributed by atoms with Crippen LogP contribution in [0.15, 0.2) is 24.3 Å². The lowest BCUT2D eigenvalue weighted by molar-refractivity contribution is -0.121. The molecule has 1 fully saturated rings. The van der Waals surface area contributed by atoms with Crippen LogP contribution in [-0.4, -0.2) is 29.4 Å². The summed E-state index contributed by atoms with van der Waals surface area (Å²) in [5, 5.41) is 2.11. The van der Waals surface area contributed by atoms with E-state index in [1.807, 2.05) is 6.92 Å². The Kier molecular flexibility index (Phi) is 4.16. The van der Waals surface area contributed by atoms with Gasteiger partial charge in [-0.2, -0.15) is 0 Å². The number of amides is 3. The van der Waals surface area contributed by atoms with E-state index in [0.29, 0.717) is 6.04 Å². The van der Waals surface area contributed by atoms with E-state index in [-0.39, 0.29) is 12.5 Å². The Morgan fingerprint density at radius 2 is 1.95 bits per heavy atom. The van der Waals surface area contributed by atoms with Crippen molar-refractivity contribution < 1.29 is 9.59 Å². The van der Waals surface area contributed by atoms with E-state index in [2.05, 4.69) is 34.5 Å². The van der Waals surface area contributed by atoms with Crippen LogP contribution in [0.25, 0.3) is 0 Å².